The quantitative estimate of drug-likeness (QED) is 0.0826. The van der Waals surface area contributed by atoms with Crippen molar-refractivity contribution in [1.82, 2.24) is 20.9 Å². The van der Waals surface area contributed by atoms with E-state index in [1.165, 1.54) is 24.1 Å². The maximum Gasteiger partial charge on any atom is 0.326 e. The summed E-state index contributed by atoms with van der Waals surface area (Å²) >= 11 is 0. The molecule has 0 saturated carbocycles. The van der Waals surface area contributed by atoms with Crippen LogP contribution in [0.25, 0.3) is 11.1 Å². The molecule has 15 heteroatoms. The molecule has 300 valence electrons. The first kappa shape index (κ1) is 42.9. The van der Waals surface area contributed by atoms with E-state index in [1.807, 2.05) is 42.5 Å². The lowest BCUT2D eigenvalue weighted by Gasteiger charge is -2.42. The molecule has 0 radical (unpaired) electrons. The molecule has 56 heavy (non-hydrogen) atoms. The third-order valence-electron chi connectivity index (χ3n) is 9.83. The molecular formula is C41H52N6O9. The Kier molecular flexibility index (Phi) is 16.4. The number of unbranched alkanes of at least 4 members (excludes halogenated alkanes) is 1. The number of amides is 5. The number of piperidine rings is 1. The SMILES string of the molecule is CO[C@H]1CCCN(C(=O)[C@H](CCCCN)NC(=O)[C@H](Cc2ccc(O)cc2)NC(=O)c2ccccc2-c2ccccc2)[C@H]1CC(=O)N[C@@H](CCC(N)=O)C(=O)O. The summed E-state index contributed by atoms with van der Waals surface area (Å²) in [5, 5.41) is 27.7. The van der Waals surface area contributed by atoms with Gasteiger partial charge in [-0.05, 0) is 80.0 Å². The summed E-state index contributed by atoms with van der Waals surface area (Å²) in [7, 11) is 1.46. The zero-order valence-corrected chi connectivity index (χ0v) is 31.5. The number of hydrogen-bond acceptors (Lipinski definition) is 9. The summed E-state index contributed by atoms with van der Waals surface area (Å²) in [4.78, 5) is 80.6. The van der Waals surface area contributed by atoms with Crippen LogP contribution < -0.4 is 27.4 Å². The van der Waals surface area contributed by atoms with Crippen LogP contribution >= 0.6 is 0 Å². The lowest BCUT2D eigenvalue weighted by Crippen LogP contribution is -2.60. The van der Waals surface area contributed by atoms with E-state index >= 15 is 0 Å². The van der Waals surface area contributed by atoms with Gasteiger partial charge in [-0.2, -0.15) is 0 Å². The molecule has 3 aromatic rings. The van der Waals surface area contributed by atoms with Crippen LogP contribution in [0, 0.1) is 0 Å². The van der Waals surface area contributed by atoms with Gasteiger partial charge in [0.1, 0.15) is 23.9 Å². The number of phenols is 1. The number of rotatable bonds is 20. The predicted molar refractivity (Wildman–Crippen MR) is 208 cm³/mol. The molecule has 0 spiro atoms. The van der Waals surface area contributed by atoms with Gasteiger partial charge in [-0.25, -0.2) is 4.79 Å². The van der Waals surface area contributed by atoms with Crippen molar-refractivity contribution in [2.24, 2.45) is 11.5 Å². The largest absolute Gasteiger partial charge is 0.508 e. The number of ether oxygens (including phenoxy) is 1. The predicted octanol–water partition coefficient (Wildman–Crippen LogP) is 2.25. The Morgan fingerprint density at radius 2 is 1.55 bits per heavy atom. The Balaban J connectivity index is 1.60. The molecule has 1 fully saturated rings. The van der Waals surface area contributed by atoms with Crippen LogP contribution in [-0.2, 0) is 35.1 Å². The maximum atomic E-state index is 14.5. The van der Waals surface area contributed by atoms with E-state index in [-0.39, 0.29) is 44.4 Å². The van der Waals surface area contributed by atoms with E-state index in [0.717, 1.165) is 5.56 Å². The van der Waals surface area contributed by atoms with Crippen LogP contribution in [0.5, 0.6) is 5.75 Å². The van der Waals surface area contributed by atoms with Crippen molar-refractivity contribution in [2.75, 3.05) is 20.2 Å². The first-order valence-electron chi connectivity index (χ1n) is 18.8. The van der Waals surface area contributed by atoms with Crippen molar-refractivity contribution in [3.63, 3.8) is 0 Å². The van der Waals surface area contributed by atoms with Gasteiger partial charge in [-0.1, -0.05) is 60.7 Å². The molecule has 1 heterocycles. The Morgan fingerprint density at radius 3 is 2.21 bits per heavy atom. The number of aromatic hydroxyl groups is 1. The number of primary amides is 1. The second-order valence-corrected chi connectivity index (χ2v) is 13.8. The van der Waals surface area contributed by atoms with Crippen molar-refractivity contribution in [3.8, 4) is 16.9 Å². The molecule has 0 bridgehead atoms. The van der Waals surface area contributed by atoms with Crippen LogP contribution in [0.3, 0.4) is 0 Å². The third kappa shape index (κ3) is 12.4. The van der Waals surface area contributed by atoms with Gasteiger partial charge in [0.05, 0.1) is 12.1 Å². The van der Waals surface area contributed by atoms with E-state index in [0.29, 0.717) is 48.9 Å². The maximum absolute atomic E-state index is 14.5. The van der Waals surface area contributed by atoms with Crippen molar-refractivity contribution in [1.29, 1.82) is 0 Å². The number of carbonyl (C=O) groups is 6. The van der Waals surface area contributed by atoms with Gasteiger partial charge >= 0.3 is 5.97 Å². The number of nitrogens with one attached hydrogen (secondary N) is 3. The second-order valence-electron chi connectivity index (χ2n) is 13.8. The number of carboxylic acid groups (broad SMARTS) is 1. The molecule has 9 N–H and O–H groups in total. The summed E-state index contributed by atoms with van der Waals surface area (Å²) < 4.78 is 5.70. The molecule has 15 nitrogen and oxygen atoms in total. The number of benzene rings is 3. The number of hydrogen-bond donors (Lipinski definition) is 7. The van der Waals surface area contributed by atoms with E-state index in [1.54, 1.807) is 24.3 Å². The molecule has 5 atom stereocenters. The van der Waals surface area contributed by atoms with Gasteiger partial charge < -0.3 is 47.3 Å². The fourth-order valence-electron chi connectivity index (χ4n) is 6.89. The van der Waals surface area contributed by atoms with Crippen molar-refractivity contribution < 1.29 is 43.7 Å². The van der Waals surface area contributed by atoms with E-state index < -0.39 is 65.8 Å². The highest BCUT2D eigenvalue weighted by Gasteiger charge is 2.40. The Hall–Kier alpha value is -5.80. The minimum Gasteiger partial charge on any atom is -0.508 e. The van der Waals surface area contributed by atoms with Crippen LogP contribution in [0.2, 0.25) is 0 Å². The Morgan fingerprint density at radius 1 is 0.857 bits per heavy atom. The molecule has 1 saturated heterocycles. The first-order valence-corrected chi connectivity index (χ1v) is 18.8. The van der Waals surface area contributed by atoms with Crippen molar-refractivity contribution >= 4 is 35.5 Å². The lowest BCUT2D eigenvalue weighted by atomic mass is 9.93. The van der Waals surface area contributed by atoms with E-state index in [2.05, 4.69) is 16.0 Å². The van der Waals surface area contributed by atoms with Crippen molar-refractivity contribution in [2.45, 2.75) is 88.1 Å². The standard InChI is InChI=1S/C41H52N6O9/c1-56-35-15-9-23-47(34(35)25-37(50)44-32(41(54)55)20-21-36(43)49)40(53)31(14-7-8-22-42)45-39(52)33(24-26-16-18-28(48)19-17-26)46-38(51)30-13-6-5-12-29(30)27-10-3-2-4-11-27/h2-6,10-13,16-19,31-35,48H,7-9,14-15,20-25,42H2,1H3,(H2,43,49)(H,44,50)(H,45,52)(H,46,51)(H,54,55)/t31-,32-,33-,34-,35-/m0/s1. The molecule has 0 unspecified atom stereocenters. The molecule has 0 aliphatic carbocycles. The van der Waals surface area contributed by atoms with Gasteiger partial charge in [0.25, 0.3) is 5.91 Å². The number of carbonyl (C=O) groups excluding carboxylic acids is 5. The highest BCUT2D eigenvalue weighted by Crippen LogP contribution is 2.26. The second kappa shape index (κ2) is 21.3. The average molecular weight is 773 g/mol. The van der Waals surface area contributed by atoms with Gasteiger partial charge in [-0.15, -0.1) is 0 Å². The number of nitrogens with zero attached hydrogens (tertiary/aromatic N) is 1. The van der Waals surface area contributed by atoms with Crippen LogP contribution in [0.1, 0.15) is 67.3 Å². The summed E-state index contributed by atoms with van der Waals surface area (Å²) in [5.41, 5.74) is 13.4. The molecule has 0 aromatic heterocycles. The molecule has 1 aliphatic heterocycles. The lowest BCUT2D eigenvalue weighted by molar-refractivity contribution is -0.147. The number of carboxylic acids is 1. The molecular weight excluding hydrogens is 720 g/mol. The number of methoxy groups -OCH3 is 1. The van der Waals surface area contributed by atoms with Crippen molar-refractivity contribution in [3.05, 3.63) is 90.0 Å². The fraction of sp³-hybridized carbons (Fsp3) is 0.415. The van der Waals surface area contributed by atoms with Crippen LogP contribution in [0.4, 0.5) is 0 Å². The highest BCUT2D eigenvalue weighted by molar-refractivity contribution is 6.03. The van der Waals surface area contributed by atoms with E-state index in [4.69, 9.17) is 16.2 Å². The van der Waals surface area contributed by atoms with Gasteiger partial charge in [0.2, 0.25) is 23.6 Å². The third-order valence-corrected chi connectivity index (χ3v) is 9.83. The van der Waals surface area contributed by atoms with Gasteiger partial charge in [0.15, 0.2) is 0 Å². The summed E-state index contributed by atoms with van der Waals surface area (Å²) in [5.74, 6) is -4.27. The van der Waals surface area contributed by atoms with Crippen LogP contribution in [0.15, 0.2) is 78.9 Å². The zero-order chi connectivity index (χ0) is 40.6. The summed E-state index contributed by atoms with van der Waals surface area (Å²) in [6.07, 6.45) is 1.05. The summed E-state index contributed by atoms with van der Waals surface area (Å²) in [6.45, 7) is 0.599. The highest BCUT2D eigenvalue weighted by atomic mass is 16.5. The Labute approximate surface area is 326 Å². The van der Waals surface area contributed by atoms with Gasteiger partial charge in [-0.3, -0.25) is 24.0 Å². The van der Waals surface area contributed by atoms with E-state index in [9.17, 15) is 39.0 Å². The zero-order valence-electron chi connectivity index (χ0n) is 31.5. The normalized spacial score (nSPS) is 16.9. The van der Waals surface area contributed by atoms with Gasteiger partial charge in [0, 0.05) is 38.5 Å². The average Bonchev–Trinajstić information content (AvgIpc) is 3.19. The molecule has 3 aromatic carbocycles. The number of nitrogens with two attached hydrogens (primary N) is 2. The summed E-state index contributed by atoms with van der Waals surface area (Å²) in [6, 6.07) is 18.2. The molecule has 5 amide bonds. The number of aliphatic carboxylic acids is 1. The smallest absolute Gasteiger partial charge is 0.326 e. The Bertz CT molecular complexity index is 1810. The minimum absolute atomic E-state index is 0.0319. The number of likely N-dealkylation sites (tertiary alicyclic amines) is 1. The topological polar surface area (TPSA) is 243 Å². The molecule has 1 aliphatic rings. The number of phenolic OH excluding ortho intramolecular Hbond substituents is 1. The minimum atomic E-state index is -1.37. The fourth-order valence-corrected chi connectivity index (χ4v) is 6.89. The molecule has 4 rings (SSSR count). The first-order chi connectivity index (χ1) is 26.9. The monoisotopic (exact) mass is 772 g/mol. The van der Waals surface area contributed by atoms with Crippen LogP contribution in [-0.4, -0.2) is 101 Å².